The Morgan fingerprint density at radius 2 is 2.24 bits per heavy atom. The van der Waals surface area contributed by atoms with Gasteiger partial charge in [-0.15, -0.1) is 11.8 Å². The molecule has 0 unspecified atom stereocenters. The van der Waals surface area contributed by atoms with Crippen LogP contribution in [0.3, 0.4) is 0 Å². The number of carbonyl (C=O) groups is 1. The molecule has 1 heterocycles. The Balaban J connectivity index is 1.86. The molecule has 4 nitrogen and oxygen atoms in total. The Labute approximate surface area is 126 Å². The lowest BCUT2D eigenvalue weighted by Gasteiger charge is -2.05. The van der Waals surface area contributed by atoms with E-state index < -0.39 is 0 Å². The first-order chi connectivity index (χ1) is 10.2. The largest absolute Gasteiger partial charge is 0.310 e. The fourth-order valence-corrected chi connectivity index (χ4v) is 2.48. The lowest BCUT2D eigenvalue weighted by Crippen LogP contribution is -2.15. The molecule has 0 radical (unpaired) electrons. The number of pyridine rings is 1. The molecule has 1 aromatic heterocycles. The summed E-state index contributed by atoms with van der Waals surface area (Å²) in [5.74, 6) is 0.525. The summed E-state index contributed by atoms with van der Waals surface area (Å²) >= 11 is 1.31. The van der Waals surface area contributed by atoms with Gasteiger partial charge in [-0.05, 0) is 35.9 Å². The first-order valence-electron chi connectivity index (χ1n) is 6.16. The van der Waals surface area contributed by atoms with Crippen molar-refractivity contribution in [3.05, 3.63) is 59.5 Å². The third-order valence-corrected chi connectivity index (χ3v) is 3.59. The molecule has 0 aliphatic rings. The molecule has 106 valence electrons. The van der Waals surface area contributed by atoms with Crippen molar-refractivity contribution in [1.82, 2.24) is 4.98 Å². The number of hydrogen-bond donors (Lipinski definition) is 1. The van der Waals surface area contributed by atoms with E-state index in [9.17, 15) is 9.18 Å². The Morgan fingerprint density at radius 3 is 2.95 bits per heavy atom. The Bertz CT molecular complexity index is 670. The smallest absolute Gasteiger partial charge is 0.235 e. The van der Waals surface area contributed by atoms with Crippen molar-refractivity contribution in [2.24, 2.45) is 0 Å². The summed E-state index contributed by atoms with van der Waals surface area (Å²) in [5.41, 5.74) is 1.02. The van der Waals surface area contributed by atoms with Gasteiger partial charge in [0.1, 0.15) is 11.6 Å². The van der Waals surface area contributed by atoms with Gasteiger partial charge in [-0.1, -0.05) is 6.07 Å². The molecule has 0 aliphatic heterocycles. The number of hydrogen-bond acceptors (Lipinski definition) is 4. The second kappa shape index (κ2) is 7.41. The molecule has 0 aliphatic carbocycles. The van der Waals surface area contributed by atoms with Crippen molar-refractivity contribution in [1.29, 1.82) is 5.26 Å². The van der Waals surface area contributed by atoms with E-state index in [0.29, 0.717) is 22.7 Å². The first-order valence-corrected chi connectivity index (χ1v) is 7.31. The van der Waals surface area contributed by atoms with Crippen molar-refractivity contribution < 1.29 is 9.18 Å². The van der Waals surface area contributed by atoms with Crippen LogP contribution in [0.4, 0.5) is 10.2 Å². The molecule has 0 fully saturated rings. The molecule has 0 bridgehead atoms. The second-order valence-corrected chi connectivity index (χ2v) is 5.15. The monoisotopic (exact) mass is 301 g/mol. The highest BCUT2D eigenvalue weighted by atomic mass is 32.2. The van der Waals surface area contributed by atoms with Crippen LogP contribution >= 0.6 is 11.8 Å². The highest BCUT2D eigenvalue weighted by Crippen LogP contribution is 2.17. The van der Waals surface area contributed by atoms with Crippen LogP contribution in [0.2, 0.25) is 0 Å². The van der Waals surface area contributed by atoms with Gasteiger partial charge in [0, 0.05) is 11.9 Å². The van der Waals surface area contributed by atoms with Gasteiger partial charge in [0.2, 0.25) is 5.91 Å². The lowest BCUT2D eigenvalue weighted by atomic mass is 10.1. The van der Waals surface area contributed by atoms with Crippen LogP contribution in [-0.4, -0.2) is 16.6 Å². The van der Waals surface area contributed by atoms with Crippen LogP contribution in [-0.2, 0) is 10.5 Å². The van der Waals surface area contributed by atoms with Gasteiger partial charge >= 0.3 is 0 Å². The number of aromatic nitrogens is 1. The quantitative estimate of drug-likeness (QED) is 0.922. The van der Waals surface area contributed by atoms with E-state index in [1.165, 1.54) is 30.0 Å². The van der Waals surface area contributed by atoms with E-state index in [0.717, 1.165) is 0 Å². The minimum absolute atomic E-state index is 0.186. The number of nitrogens with one attached hydrogen (secondary N) is 1. The topological polar surface area (TPSA) is 65.8 Å². The average molecular weight is 301 g/mol. The molecule has 1 amide bonds. The van der Waals surface area contributed by atoms with Crippen molar-refractivity contribution in [2.45, 2.75) is 5.75 Å². The molecule has 0 saturated carbocycles. The van der Waals surface area contributed by atoms with Crippen molar-refractivity contribution >= 4 is 23.5 Å². The highest BCUT2D eigenvalue weighted by Gasteiger charge is 2.07. The number of carbonyl (C=O) groups excluding carboxylic acids is 1. The third kappa shape index (κ3) is 4.58. The number of amides is 1. The van der Waals surface area contributed by atoms with Crippen molar-refractivity contribution in [3.8, 4) is 6.07 Å². The number of nitrogens with zero attached hydrogens (tertiary/aromatic N) is 2. The molecule has 1 N–H and O–H groups in total. The zero-order valence-corrected chi connectivity index (χ0v) is 11.9. The van der Waals surface area contributed by atoms with E-state index in [-0.39, 0.29) is 17.5 Å². The van der Waals surface area contributed by atoms with Crippen LogP contribution < -0.4 is 5.32 Å². The number of rotatable bonds is 5. The summed E-state index contributed by atoms with van der Waals surface area (Å²) in [6.07, 6.45) is 1.59. The van der Waals surface area contributed by atoms with Crippen LogP contribution in [0.1, 0.15) is 11.1 Å². The van der Waals surface area contributed by atoms with Crippen LogP contribution in [0.5, 0.6) is 0 Å². The normalized spacial score (nSPS) is 9.90. The Morgan fingerprint density at radius 1 is 1.38 bits per heavy atom. The molecule has 0 saturated heterocycles. The predicted octanol–water partition coefficient (Wildman–Crippen LogP) is 2.96. The van der Waals surface area contributed by atoms with Crippen molar-refractivity contribution in [3.63, 3.8) is 0 Å². The molecule has 0 atom stereocenters. The molecule has 1 aromatic carbocycles. The maximum absolute atomic E-state index is 13.2. The van der Waals surface area contributed by atoms with Gasteiger partial charge in [-0.3, -0.25) is 4.79 Å². The second-order valence-electron chi connectivity index (χ2n) is 4.17. The summed E-state index contributed by atoms with van der Waals surface area (Å²) in [4.78, 5) is 15.7. The summed E-state index contributed by atoms with van der Waals surface area (Å²) in [6.45, 7) is 0. The van der Waals surface area contributed by atoms with Crippen LogP contribution in [0.25, 0.3) is 0 Å². The third-order valence-electron chi connectivity index (χ3n) is 2.61. The molecule has 2 rings (SSSR count). The predicted molar refractivity (Wildman–Crippen MR) is 80.1 cm³/mol. The number of nitriles is 1. The zero-order valence-electron chi connectivity index (χ0n) is 11.0. The molecular weight excluding hydrogens is 289 g/mol. The minimum Gasteiger partial charge on any atom is -0.310 e. The molecule has 2 aromatic rings. The summed E-state index contributed by atoms with van der Waals surface area (Å²) in [7, 11) is 0. The maximum atomic E-state index is 13.2. The fraction of sp³-hybridized carbons (Fsp3) is 0.133. The zero-order chi connectivity index (χ0) is 15.1. The van der Waals surface area contributed by atoms with E-state index in [2.05, 4.69) is 10.3 Å². The molecule has 6 heteroatoms. The number of anilines is 1. The summed E-state index contributed by atoms with van der Waals surface area (Å²) in [6, 6.07) is 11.3. The van der Waals surface area contributed by atoms with Gasteiger partial charge in [0.15, 0.2) is 0 Å². The number of benzene rings is 1. The van der Waals surface area contributed by atoms with E-state index in [1.54, 1.807) is 24.4 Å². The van der Waals surface area contributed by atoms with Crippen molar-refractivity contribution in [2.75, 3.05) is 11.1 Å². The SMILES string of the molecule is N#Cc1ccc(F)cc1CSCC(=O)Nc1ccccn1. The summed E-state index contributed by atoms with van der Waals surface area (Å²) in [5, 5.41) is 11.6. The first kappa shape index (κ1) is 15.0. The molecule has 21 heavy (non-hydrogen) atoms. The van der Waals surface area contributed by atoms with Crippen LogP contribution in [0, 0.1) is 17.1 Å². The Hall–Kier alpha value is -2.39. The maximum Gasteiger partial charge on any atom is 0.235 e. The van der Waals surface area contributed by atoms with E-state index in [4.69, 9.17) is 5.26 Å². The van der Waals surface area contributed by atoms with Gasteiger partial charge in [0.05, 0.1) is 17.4 Å². The lowest BCUT2D eigenvalue weighted by molar-refractivity contribution is -0.113. The summed E-state index contributed by atoms with van der Waals surface area (Å²) < 4.78 is 13.2. The average Bonchev–Trinajstić information content (AvgIpc) is 2.48. The molecular formula is C15H12FN3OS. The van der Waals surface area contributed by atoms with Gasteiger partial charge in [0.25, 0.3) is 0 Å². The van der Waals surface area contributed by atoms with E-state index >= 15 is 0 Å². The standard InChI is InChI=1S/C15H12FN3OS/c16-13-5-4-11(8-17)12(7-13)9-21-10-15(20)19-14-3-1-2-6-18-14/h1-7H,9-10H2,(H,18,19,20). The fourth-order valence-electron chi connectivity index (χ4n) is 1.66. The van der Waals surface area contributed by atoms with Gasteiger partial charge < -0.3 is 5.32 Å². The van der Waals surface area contributed by atoms with Gasteiger partial charge in [-0.2, -0.15) is 5.26 Å². The number of halogens is 1. The minimum atomic E-state index is -0.387. The van der Waals surface area contributed by atoms with E-state index in [1.807, 2.05) is 6.07 Å². The molecule has 0 spiro atoms. The van der Waals surface area contributed by atoms with Gasteiger partial charge in [-0.25, -0.2) is 9.37 Å². The Kier molecular flexibility index (Phi) is 5.29. The number of thioether (sulfide) groups is 1. The van der Waals surface area contributed by atoms with Crippen LogP contribution in [0.15, 0.2) is 42.6 Å². The highest BCUT2D eigenvalue weighted by molar-refractivity contribution is 7.99.